The fourth-order valence-corrected chi connectivity index (χ4v) is 1.04. The summed E-state index contributed by atoms with van der Waals surface area (Å²) < 4.78 is 5.05. The molecule has 0 saturated carbocycles. The molecular formula is C9H10ClN3O. The van der Waals surface area contributed by atoms with Crippen LogP contribution in [0.1, 0.15) is 5.69 Å². The van der Waals surface area contributed by atoms with Crippen LogP contribution in [0.4, 0.5) is 0 Å². The minimum Gasteiger partial charge on any atom is -0.354 e. The first-order valence-corrected chi connectivity index (χ1v) is 3.97. The van der Waals surface area contributed by atoms with E-state index in [-0.39, 0.29) is 12.4 Å². The minimum atomic E-state index is 0. The third kappa shape index (κ3) is 2.10. The van der Waals surface area contributed by atoms with Crippen LogP contribution in [0, 0.1) is 0 Å². The van der Waals surface area contributed by atoms with E-state index in [0.717, 1.165) is 11.4 Å². The molecule has 0 atom stereocenters. The van der Waals surface area contributed by atoms with Crippen molar-refractivity contribution in [3.63, 3.8) is 0 Å². The van der Waals surface area contributed by atoms with Gasteiger partial charge in [0.1, 0.15) is 5.69 Å². The summed E-state index contributed by atoms with van der Waals surface area (Å²) in [6.07, 6.45) is 1.71. The van der Waals surface area contributed by atoms with E-state index in [1.165, 1.54) is 0 Å². The second kappa shape index (κ2) is 4.74. The molecule has 0 spiro atoms. The van der Waals surface area contributed by atoms with Crippen LogP contribution in [0.15, 0.2) is 35.0 Å². The molecule has 0 bridgehead atoms. The van der Waals surface area contributed by atoms with Crippen LogP contribution in [0.25, 0.3) is 11.5 Å². The zero-order valence-electron chi connectivity index (χ0n) is 7.38. The molecule has 0 unspecified atom stereocenters. The van der Waals surface area contributed by atoms with Crippen LogP contribution < -0.4 is 5.73 Å². The molecule has 14 heavy (non-hydrogen) atoms. The van der Waals surface area contributed by atoms with E-state index in [4.69, 9.17) is 10.3 Å². The minimum absolute atomic E-state index is 0. The quantitative estimate of drug-likeness (QED) is 0.820. The van der Waals surface area contributed by atoms with E-state index in [2.05, 4.69) is 10.1 Å². The van der Waals surface area contributed by atoms with Gasteiger partial charge in [-0.1, -0.05) is 11.2 Å². The average molecular weight is 212 g/mol. The van der Waals surface area contributed by atoms with Crippen LogP contribution in [0.2, 0.25) is 0 Å². The number of nitrogens with zero attached hydrogens (tertiary/aromatic N) is 2. The Kier molecular flexibility index (Phi) is 3.62. The molecule has 0 amide bonds. The maximum Gasteiger partial charge on any atom is 0.185 e. The number of hydrogen-bond donors (Lipinski definition) is 1. The summed E-state index contributed by atoms with van der Waals surface area (Å²) in [5.41, 5.74) is 6.91. The van der Waals surface area contributed by atoms with Gasteiger partial charge in [-0.3, -0.25) is 4.98 Å². The van der Waals surface area contributed by atoms with Gasteiger partial charge in [0.25, 0.3) is 0 Å². The third-order valence-electron chi connectivity index (χ3n) is 1.69. The average Bonchev–Trinajstić information content (AvgIpc) is 2.67. The SMILES string of the molecule is Cl.NCc1cc(-c2ccccn2)on1. The van der Waals surface area contributed by atoms with E-state index in [9.17, 15) is 0 Å². The van der Waals surface area contributed by atoms with Crippen molar-refractivity contribution >= 4 is 12.4 Å². The lowest BCUT2D eigenvalue weighted by atomic mass is 10.2. The highest BCUT2D eigenvalue weighted by Crippen LogP contribution is 2.16. The van der Waals surface area contributed by atoms with E-state index < -0.39 is 0 Å². The Balaban J connectivity index is 0.000000980. The summed E-state index contributed by atoms with van der Waals surface area (Å²) in [7, 11) is 0. The molecule has 2 heterocycles. The lowest BCUT2D eigenvalue weighted by Crippen LogP contribution is -1.94. The molecule has 2 aromatic heterocycles. The number of pyridine rings is 1. The number of hydrogen-bond acceptors (Lipinski definition) is 4. The molecule has 0 radical (unpaired) electrons. The molecule has 0 saturated heterocycles. The summed E-state index contributed by atoms with van der Waals surface area (Å²) in [6, 6.07) is 7.40. The van der Waals surface area contributed by atoms with Crippen molar-refractivity contribution in [2.75, 3.05) is 0 Å². The van der Waals surface area contributed by atoms with Gasteiger partial charge in [0, 0.05) is 18.8 Å². The fourth-order valence-electron chi connectivity index (χ4n) is 1.04. The van der Waals surface area contributed by atoms with Crippen molar-refractivity contribution in [2.45, 2.75) is 6.54 Å². The van der Waals surface area contributed by atoms with Crippen molar-refractivity contribution in [3.8, 4) is 11.5 Å². The van der Waals surface area contributed by atoms with Crippen molar-refractivity contribution in [3.05, 3.63) is 36.2 Å². The predicted octanol–water partition coefficient (Wildman–Crippen LogP) is 1.62. The molecule has 0 aliphatic rings. The second-order valence-corrected chi connectivity index (χ2v) is 2.60. The predicted molar refractivity (Wildman–Crippen MR) is 54.9 cm³/mol. The molecule has 4 nitrogen and oxygen atoms in total. The summed E-state index contributed by atoms with van der Waals surface area (Å²) in [5, 5.41) is 3.77. The summed E-state index contributed by atoms with van der Waals surface area (Å²) in [4.78, 5) is 4.12. The smallest absolute Gasteiger partial charge is 0.185 e. The Morgan fingerprint density at radius 2 is 2.21 bits per heavy atom. The van der Waals surface area contributed by atoms with Gasteiger partial charge in [-0.2, -0.15) is 0 Å². The molecule has 2 aromatic rings. The highest BCUT2D eigenvalue weighted by atomic mass is 35.5. The Morgan fingerprint density at radius 1 is 1.36 bits per heavy atom. The topological polar surface area (TPSA) is 64.9 Å². The zero-order chi connectivity index (χ0) is 9.10. The van der Waals surface area contributed by atoms with Gasteiger partial charge in [-0.25, -0.2) is 0 Å². The molecule has 0 fully saturated rings. The second-order valence-electron chi connectivity index (χ2n) is 2.60. The number of rotatable bonds is 2. The van der Waals surface area contributed by atoms with Gasteiger partial charge in [-0.05, 0) is 12.1 Å². The summed E-state index contributed by atoms with van der Waals surface area (Å²) in [5.74, 6) is 0.654. The van der Waals surface area contributed by atoms with Crippen LogP contribution in [0.3, 0.4) is 0 Å². The van der Waals surface area contributed by atoms with Gasteiger partial charge in [0.2, 0.25) is 0 Å². The largest absolute Gasteiger partial charge is 0.354 e. The zero-order valence-corrected chi connectivity index (χ0v) is 8.20. The molecule has 0 aliphatic heterocycles. The van der Waals surface area contributed by atoms with E-state index in [1.54, 1.807) is 12.3 Å². The fraction of sp³-hybridized carbons (Fsp3) is 0.111. The highest BCUT2D eigenvalue weighted by Gasteiger charge is 2.05. The Bertz CT molecular complexity index is 388. The van der Waals surface area contributed by atoms with Gasteiger partial charge in [-0.15, -0.1) is 12.4 Å². The lowest BCUT2D eigenvalue weighted by Gasteiger charge is -1.90. The third-order valence-corrected chi connectivity index (χ3v) is 1.69. The first-order valence-electron chi connectivity index (χ1n) is 3.97. The Morgan fingerprint density at radius 3 is 2.79 bits per heavy atom. The van der Waals surface area contributed by atoms with Crippen molar-refractivity contribution in [1.29, 1.82) is 0 Å². The van der Waals surface area contributed by atoms with Gasteiger partial charge >= 0.3 is 0 Å². The highest BCUT2D eigenvalue weighted by molar-refractivity contribution is 5.85. The monoisotopic (exact) mass is 211 g/mol. The van der Waals surface area contributed by atoms with Gasteiger partial charge in [0.15, 0.2) is 5.76 Å². The van der Waals surface area contributed by atoms with Crippen molar-refractivity contribution in [1.82, 2.24) is 10.1 Å². The number of nitrogens with two attached hydrogens (primary N) is 1. The van der Waals surface area contributed by atoms with Gasteiger partial charge < -0.3 is 10.3 Å². The van der Waals surface area contributed by atoms with Crippen LogP contribution in [-0.2, 0) is 6.54 Å². The van der Waals surface area contributed by atoms with Gasteiger partial charge in [0.05, 0.1) is 5.69 Å². The lowest BCUT2D eigenvalue weighted by molar-refractivity contribution is 0.422. The van der Waals surface area contributed by atoms with E-state index in [1.807, 2.05) is 18.2 Å². The van der Waals surface area contributed by atoms with Crippen LogP contribution in [-0.4, -0.2) is 10.1 Å². The van der Waals surface area contributed by atoms with Crippen LogP contribution in [0.5, 0.6) is 0 Å². The van der Waals surface area contributed by atoms with Crippen molar-refractivity contribution < 1.29 is 4.52 Å². The Hall–Kier alpha value is -1.39. The first-order chi connectivity index (χ1) is 6.40. The molecule has 0 aromatic carbocycles. The maximum atomic E-state index is 5.40. The molecular weight excluding hydrogens is 202 g/mol. The maximum absolute atomic E-state index is 5.40. The van der Waals surface area contributed by atoms with E-state index >= 15 is 0 Å². The summed E-state index contributed by atoms with van der Waals surface area (Å²) in [6.45, 7) is 0.385. The Labute approximate surface area is 87.5 Å². The number of halogens is 1. The standard InChI is InChI=1S/C9H9N3O.ClH/c10-6-7-5-9(13-12-7)8-3-1-2-4-11-8;/h1-5H,6,10H2;1H. The molecule has 0 aliphatic carbocycles. The summed E-state index contributed by atoms with van der Waals surface area (Å²) >= 11 is 0. The number of aromatic nitrogens is 2. The molecule has 2 N–H and O–H groups in total. The molecule has 2 rings (SSSR count). The molecule has 74 valence electrons. The van der Waals surface area contributed by atoms with Crippen molar-refractivity contribution in [2.24, 2.45) is 5.73 Å². The molecule has 5 heteroatoms. The normalized spacial score (nSPS) is 9.50. The first kappa shape index (κ1) is 10.7. The van der Waals surface area contributed by atoms with Crippen LogP contribution >= 0.6 is 12.4 Å². The van der Waals surface area contributed by atoms with E-state index in [0.29, 0.717) is 12.3 Å².